The van der Waals surface area contributed by atoms with Gasteiger partial charge in [-0.05, 0) is 19.8 Å². The largest absolute Gasteiger partial charge is 0.345 e. The molecule has 2 unspecified atom stereocenters. The first-order valence-electron chi connectivity index (χ1n) is 5.42. The number of Topliss-reactive ketones (excluding diaryl/α,β-unsaturated/α-hetero) is 1. The standard InChI is InChI=1S/C9H18N2O2.C2H6.2H2/c1-5(2)8(10)9(13)11-6(3)7(4)12;1-2;;/h5-6,8H,10H2,1-4H3,(H,11,13);1-2H3;2*1H. The fourth-order valence-electron chi connectivity index (χ4n) is 0.714. The summed E-state index contributed by atoms with van der Waals surface area (Å²) in [6, 6.07) is -0.987. The van der Waals surface area contributed by atoms with E-state index in [4.69, 9.17) is 5.73 Å². The van der Waals surface area contributed by atoms with Crippen molar-refractivity contribution in [2.75, 3.05) is 0 Å². The van der Waals surface area contributed by atoms with E-state index in [2.05, 4.69) is 5.32 Å². The molecule has 4 heteroatoms. The highest BCUT2D eigenvalue weighted by molar-refractivity contribution is 5.89. The lowest BCUT2D eigenvalue weighted by Crippen LogP contribution is -2.48. The van der Waals surface area contributed by atoms with Crippen molar-refractivity contribution in [1.29, 1.82) is 0 Å². The first-order valence-corrected chi connectivity index (χ1v) is 5.42. The van der Waals surface area contributed by atoms with E-state index in [1.165, 1.54) is 6.92 Å². The first-order chi connectivity index (χ1) is 6.86. The van der Waals surface area contributed by atoms with Gasteiger partial charge in [-0.15, -0.1) is 0 Å². The summed E-state index contributed by atoms with van der Waals surface area (Å²) < 4.78 is 0. The Labute approximate surface area is 95.6 Å². The van der Waals surface area contributed by atoms with Gasteiger partial charge in [-0.25, -0.2) is 0 Å². The van der Waals surface area contributed by atoms with Gasteiger partial charge in [-0.1, -0.05) is 27.7 Å². The van der Waals surface area contributed by atoms with Crippen molar-refractivity contribution in [1.82, 2.24) is 5.32 Å². The number of nitrogens with one attached hydrogen (secondary N) is 1. The summed E-state index contributed by atoms with van der Waals surface area (Å²) in [4.78, 5) is 22.1. The molecule has 0 aromatic rings. The molecule has 2 atom stereocenters. The van der Waals surface area contributed by atoms with Gasteiger partial charge >= 0.3 is 0 Å². The molecule has 0 radical (unpaired) electrons. The van der Waals surface area contributed by atoms with E-state index in [1.807, 2.05) is 27.7 Å². The Morgan fingerprint density at radius 3 is 1.87 bits per heavy atom. The third-order valence-electron chi connectivity index (χ3n) is 1.99. The number of rotatable bonds is 4. The van der Waals surface area contributed by atoms with Crippen LogP contribution in [-0.2, 0) is 9.59 Å². The van der Waals surface area contributed by atoms with Gasteiger partial charge in [0, 0.05) is 2.85 Å². The van der Waals surface area contributed by atoms with Crippen LogP contribution in [0.15, 0.2) is 0 Å². The molecule has 0 spiro atoms. The van der Waals surface area contributed by atoms with Crippen LogP contribution in [0.2, 0.25) is 0 Å². The lowest BCUT2D eigenvalue weighted by molar-refractivity contribution is -0.127. The summed E-state index contributed by atoms with van der Waals surface area (Å²) in [6.45, 7) is 10.8. The Bertz CT molecular complexity index is 212. The summed E-state index contributed by atoms with van der Waals surface area (Å²) in [5.74, 6) is -0.249. The second kappa shape index (κ2) is 8.41. The van der Waals surface area contributed by atoms with Crippen LogP contribution in [0.3, 0.4) is 0 Å². The molecule has 0 heterocycles. The minimum absolute atomic E-state index is 0. The number of nitrogens with two attached hydrogens (primary N) is 1. The van der Waals surface area contributed by atoms with E-state index >= 15 is 0 Å². The first kappa shape index (κ1) is 16.5. The molecule has 0 aliphatic heterocycles. The van der Waals surface area contributed by atoms with Gasteiger partial charge in [0.05, 0.1) is 12.1 Å². The van der Waals surface area contributed by atoms with E-state index in [1.54, 1.807) is 6.92 Å². The van der Waals surface area contributed by atoms with Crippen molar-refractivity contribution in [2.24, 2.45) is 11.7 Å². The molecular formula is C11H28N2O2. The minimum Gasteiger partial charge on any atom is -0.345 e. The highest BCUT2D eigenvalue weighted by atomic mass is 16.2. The van der Waals surface area contributed by atoms with E-state index in [9.17, 15) is 9.59 Å². The Morgan fingerprint density at radius 1 is 1.20 bits per heavy atom. The molecule has 0 saturated heterocycles. The van der Waals surface area contributed by atoms with Gasteiger partial charge in [0.1, 0.15) is 0 Å². The third-order valence-corrected chi connectivity index (χ3v) is 1.99. The van der Waals surface area contributed by atoms with E-state index < -0.39 is 12.1 Å². The Morgan fingerprint density at radius 2 is 1.60 bits per heavy atom. The molecule has 94 valence electrons. The molecule has 4 nitrogen and oxygen atoms in total. The predicted molar refractivity (Wildman–Crippen MR) is 66.7 cm³/mol. The zero-order valence-electron chi connectivity index (χ0n) is 10.6. The molecule has 0 rings (SSSR count). The summed E-state index contributed by atoms with van der Waals surface area (Å²) in [6.07, 6.45) is 0. The molecule has 0 bridgehead atoms. The van der Waals surface area contributed by atoms with E-state index in [0.29, 0.717) is 0 Å². The molecule has 0 fully saturated rings. The molecular weight excluding hydrogens is 192 g/mol. The lowest BCUT2D eigenvalue weighted by Gasteiger charge is -2.17. The summed E-state index contributed by atoms with van der Waals surface area (Å²) in [5.41, 5.74) is 5.59. The average Bonchev–Trinajstić information content (AvgIpc) is 2.19. The van der Waals surface area contributed by atoms with Crippen molar-refractivity contribution < 1.29 is 12.4 Å². The van der Waals surface area contributed by atoms with Crippen molar-refractivity contribution >= 4 is 11.7 Å². The fourth-order valence-corrected chi connectivity index (χ4v) is 0.714. The molecule has 0 aromatic heterocycles. The second-order valence-corrected chi connectivity index (χ2v) is 3.61. The van der Waals surface area contributed by atoms with Gasteiger partial charge in [-0.3, -0.25) is 9.59 Å². The average molecular weight is 220 g/mol. The van der Waals surface area contributed by atoms with Crippen LogP contribution in [0, 0.1) is 5.92 Å². The predicted octanol–water partition coefficient (Wildman–Crippen LogP) is 1.58. The summed E-state index contributed by atoms with van der Waals surface area (Å²) >= 11 is 0. The zero-order valence-corrected chi connectivity index (χ0v) is 10.6. The molecule has 0 aliphatic rings. The van der Waals surface area contributed by atoms with Crippen LogP contribution >= 0.6 is 0 Å². The maximum absolute atomic E-state index is 11.3. The van der Waals surface area contributed by atoms with Crippen molar-refractivity contribution in [3.63, 3.8) is 0 Å². The summed E-state index contributed by atoms with van der Waals surface area (Å²) in [5, 5.41) is 2.55. The topological polar surface area (TPSA) is 72.2 Å². The van der Waals surface area contributed by atoms with E-state index in [0.717, 1.165) is 0 Å². The third kappa shape index (κ3) is 7.08. The Kier molecular flexibility index (Phi) is 9.27. The van der Waals surface area contributed by atoms with Gasteiger partial charge in [-0.2, -0.15) is 0 Å². The number of carbonyl (C=O) groups is 2. The molecule has 0 saturated carbocycles. The van der Waals surface area contributed by atoms with Crippen LogP contribution in [0.4, 0.5) is 0 Å². The van der Waals surface area contributed by atoms with Crippen molar-refractivity contribution in [3.05, 3.63) is 0 Å². The molecule has 0 aliphatic carbocycles. The molecule has 1 amide bonds. The van der Waals surface area contributed by atoms with Gasteiger partial charge in [0.2, 0.25) is 5.91 Å². The van der Waals surface area contributed by atoms with Gasteiger partial charge < -0.3 is 11.1 Å². The van der Waals surface area contributed by atoms with Gasteiger partial charge in [0.25, 0.3) is 0 Å². The SMILES string of the molecule is CC.CC(=O)C(C)NC(=O)C(N)C(C)C.[HH].[HH]. The molecule has 3 N–H and O–H groups in total. The van der Waals surface area contributed by atoms with Crippen molar-refractivity contribution in [2.45, 2.75) is 53.6 Å². The number of amides is 1. The molecule has 15 heavy (non-hydrogen) atoms. The Balaban J connectivity index is -0.000000199. The van der Waals surface area contributed by atoms with Crippen LogP contribution in [0.5, 0.6) is 0 Å². The van der Waals surface area contributed by atoms with Gasteiger partial charge in [0.15, 0.2) is 5.78 Å². The smallest absolute Gasteiger partial charge is 0.237 e. The highest BCUT2D eigenvalue weighted by Gasteiger charge is 2.19. The highest BCUT2D eigenvalue weighted by Crippen LogP contribution is 1.98. The molecule has 0 aromatic carbocycles. The van der Waals surface area contributed by atoms with Crippen LogP contribution < -0.4 is 11.1 Å². The normalized spacial score (nSPS) is 13.6. The number of hydrogen-bond acceptors (Lipinski definition) is 3. The Hall–Kier alpha value is -0.900. The lowest BCUT2D eigenvalue weighted by atomic mass is 10.0. The van der Waals surface area contributed by atoms with Crippen LogP contribution in [0.1, 0.15) is 44.4 Å². The van der Waals surface area contributed by atoms with Crippen LogP contribution in [-0.4, -0.2) is 23.8 Å². The van der Waals surface area contributed by atoms with E-state index in [-0.39, 0.29) is 20.5 Å². The second-order valence-electron chi connectivity index (χ2n) is 3.61. The maximum Gasteiger partial charge on any atom is 0.237 e. The number of ketones is 1. The number of hydrogen-bond donors (Lipinski definition) is 2. The quantitative estimate of drug-likeness (QED) is 0.755. The van der Waals surface area contributed by atoms with Crippen molar-refractivity contribution in [3.8, 4) is 0 Å². The summed E-state index contributed by atoms with van der Waals surface area (Å²) in [7, 11) is 0. The zero-order chi connectivity index (χ0) is 12.6. The maximum atomic E-state index is 11.3. The fraction of sp³-hybridized carbons (Fsp3) is 0.818. The monoisotopic (exact) mass is 220 g/mol. The van der Waals surface area contributed by atoms with Crippen LogP contribution in [0.25, 0.3) is 0 Å². The minimum atomic E-state index is -0.540. The number of carbonyl (C=O) groups excluding carboxylic acids is 2.